The van der Waals surface area contributed by atoms with E-state index in [1.54, 1.807) is 0 Å². The van der Waals surface area contributed by atoms with E-state index in [9.17, 15) is 4.79 Å². The standard InChI is InChI=1S/C18H32O3Si/c1-16(2,3)22(4,5)20-13-17-10-14-8-6-7-9-18(14,21-17)12-15(19)11-17/h14H,6-13H2,1-5H3/t14?,17-,18-/m0/s1. The molecule has 1 unspecified atom stereocenters. The van der Waals surface area contributed by atoms with Crippen molar-refractivity contribution in [2.45, 2.75) is 95.1 Å². The van der Waals surface area contributed by atoms with E-state index in [4.69, 9.17) is 9.16 Å². The van der Waals surface area contributed by atoms with Gasteiger partial charge in [0.25, 0.3) is 0 Å². The van der Waals surface area contributed by atoms with Crippen LogP contribution in [0.3, 0.4) is 0 Å². The lowest BCUT2D eigenvalue weighted by molar-refractivity contribution is -0.177. The van der Waals surface area contributed by atoms with Crippen molar-refractivity contribution in [3.8, 4) is 0 Å². The van der Waals surface area contributed by atoms with Gasteiger partial charge in [0.15, 0.2) is 8.32 Å². The van der Waals surface area contributed by atoms with Gasteiger partial charge < -0.3 is 9.16 Å². The summed E-state index contributed by atoms with van der Waals surface area (Å²) < 4.78 is 13.1. The fourth-order valence-corrected chi connectivity index (χ4v) is 5.48. The first-order valence-electron chi connectivity index (χ1n) is 8.94. The maximum absolute atomic E-state index is 12.4. The Morgan fingerprint density at radius 2 is 2.00 bits per heavy atom. The van der Waals surface area contributed by atoms with Gasteiger partial charge in [0.2, 0.25) is 0 Å². The van der Waals surface area contributed by atoms with Crippen LogP contribution in [0.2, 0.25) is 18.1 Å². The normalized spacial score (nSPS) is 39.0. The number of hydrogen-bond acceptors (Lipinski definition) is 3. The molecule has 0 aromatic carbocycles. The monoisotopic (exact) mass is 324 g/mol. The molecule has 3 rings (SSSR count). The first kappa shape index (κ1) is 16.7. The minimum Gasteiger partial charge on any atom is -0.414 e. The highest BCUT2D eigenvalue weighted by atomic mass is 28.4. The van der Waals surface area contributed by atoms with Crippen LogP contribution in [0, 0.1) is 5.92 Å². The summed E-state index contributed by atoms with van der Waals surface area (Å²) in [6.07, 6.45) is 7.07. The van der Waals surface area contributed by atoms with Crippen molar-refractivity contribution in [2.75, 3.05) is 6.61 Å². The molecule has 2 heterocycles. The van der Waals surface area contributed by atoms with Gasteiger partial charge in [0, 0.05) is 12.8 Å². The van der Waals surface area contributed by atoms with Crippen LogP contribution in [-0.2, 0) is 14.0 Å². The molecule has 3 aliphatic rings. The summed E-state index contributed by atoms with van der Waals surface area (Å²) in [7, 11) is -1.80. The van der Waals surface area contributed by atoms with E-state index < -0.39 is 8.32 Å². The molecule has 1 saturated carbocycles. The van der Waals surface area contributed by atoms with Gasteiger partial charge in [-0.1, -0.05) is 33.6 Å². The smallest absolute Gasteiger partial charge is 0.192 e. The zero-order valence-electron chi connectivity index (χ0n) is 15.0. The average molecular weight is 325 g/mol. The first-order valence-corrected chi connectivity index (χ1v) is 11.8. The largest absolute Gasteiger partial charge is 0.414 e. The molecule has 0 aromatic rings. The number of carbonyl (C=O) groups is 1. The molecule has 0 radical (unpaired) electrons. The maximum Gasteiger partial charge on any atom is 0.192 e. The number of hydrogen-bond donors (Lipinski definition) is 0. The molecule has 0 aromatic heterocycles. The van der Waals surface area contributed by atoms with Gasteiger partial charge in [-0.15, -0.1) is 0 Å². The van der Waals surface area contributed by atoms with Crippen molar-refractivity contribution in [2.24, 2.45) is 5.92 Å². The minimum atomic E-state index is -1.80. The second-order valence-electron chi connectivity index (χ2n) is 9.44. The van der Waals surface area contributed by atoms with Crippen LogP contribution in [0.25, 0.3) is 0 Å². The van der Waals surface area contributed by atoms with Crippen LogP contribution in [-0.4, -0.2) is 31.9 Å². The number of rotatable bonds is 3. The van der Waals surface area contributed by atoms with Crippen molar-refractivity contribution >= 4 is 14.1 Å². The highest BCUT2D eigenvalue weighted by Gasteiger charge is 2.61. The maximum atomic E-state index is 12.4. The average Bonchev–Trinajstić information content (AvgIpc) is 2.62. The summed E-state index contributed by atoms with van der Waals surface area (Å²) >= 11 is 0. The zero-order chi connectivity index (χ0) is 16.2. The van der Waals surface area contributed by atoms with Gasteiger partial charge in [-0.05, 0) is 43.3 Å². The van der Waals surface area contributed by atoms with Crippen LogP contribution in [0.15, 0.2) is 0 Å². The second-order valence-corrected chi connectivity index (χ2v) is 14.2. The van der Waals surface area contributed by atoms with Crippen molar-refractivity contribution in [3.63, 3.8) is 0 Å². The number of carbonyl (C=O) groups excluding carboxylic acids is 1. The van der Waals surface area contributed by atoms with E-state index >= 15 is 0 Å². The molecule has 3 nitrogen and oxygen atoms in total. The lowest BCUT2D eigenvalue weighted by Crippen LogP contribution is -2.51. The third-order valence-electron chi connectivity index (χ3n) is 6.70. The molecule has 0 N–H and O–H groups in total. The number of ketones is 1. The molecular weight excluding hydrogens is 292 g/mol. The summed E-state index contributed by atoms with van der Waals surface area (Å²) in [5.74, 6) is 0.977. The molecule has 0 amide bonds. The van der Waals surface area contributed by atoms with Crippen LogP contribution in [0.5, 0.6) is 0 Å². The summed E-state index contributed by atoms with van der Waals surface area (Å²) in [4.78, 5) is 12.4. The van der Waals surface area contributed by atoms with Crippen LogP contribution >= 0.6 is 0 Å². The molecule has 3 atom stereocenters. The van der Waals surface area contributed by atoms with Crippen LogP contribution in [0.1, 0.15) is 65.7 Å². The fraction of sp³-hybridized carbons (Fsp3) is 0.944. The van der Waals surface area contributed by atoms with Crippen molar-refractivity contribution in [3.05, 3.63) is 0 Å². The summed E-state index contributed by atoms with van der Waals surface area (Å²) in [6.45, 7) is 12.0. The van der Waals surface area contributed by atoms with E-state index in [-0.39, 0.29) is 16.2 Å². The Morgan fingerprint density at radius 1 is 1.27 bits per heavy atom. The topological polar surface area (TPSA) is 35.5 Å². The van der Waals surface area contributed by atoms with Gasteiger partial charge in [-0.3, -0.25) is 4.79 Å². The van der Waals surface area contributed by atoms with E-state index in [1.807, 2.05) is 0 Å². The summed E-state index contributed by atoms with van der Waals surface area (Å²) in [5.41, 5.74) is -0.454. The van der Waals surface area contributed by atoms with E-state index in [2.05, 4.69) is 33.9 Å². The molecule has 3 fully saturated rings. The Kier molecular flexibility index (Phi) is 3.90. The Morgan fingerprint density at radius 3 is 2.68 bits per heavy atom. The molecule has 22 heavy (non-hydrogen) atoms. The quantitative estimate of drug-likeness (QED) is 0.719. The van der Waals surface area contributed by atoms with Gasteiger partial charge in [-0.25, -0.2) is 0 Å². The predicted octanol–water partition coefficient (Wildman–Crippen LogP) is 4.46. The third-order valence-corrected chi connectivity index (χ3v) is 11.2. The van der Waals surface area contributed by atoms with Gasteiger partial charge in [0.05, 0.1) is 17.8 Å². The van der Waals surface area contributed by atoms with E-state index in [0.717, 1.165) is 12.8 Å². The third kappa shape index (κ3) is 2.71. The van der Waals surface area contributed by atoms with E-state index in [0.29, 0.717) is 31.1 Å². The van der Waals surface area contributed by atoms with Gasteiger partial charge in [0.1, 0.15) is 5.78 Å². The summed E-state index contributed by atoms with van der Waals surface area (Å²) in [6, 6.07) is 0. The lowest BCUT2D eigenvalue weighted by atomic mass is 9.73. The van der Waals surface area contributed by atoms with Crippen molar-refractivity contribution in [1.29, 1.82) is 0 Å². The molecule has 2 bridgehead atoms. The number of Topliss-reactive ketones (excluding diaryl/α,β-unsaturated/α-hetero) is 1. The Labute approximate surface area is 136 Å². The van der Waals surface area contributed by atoms with Gasteiger partial charge in [-0.2, -0.15) is 0 Å². The van der Waals surface area contributed by atoms with Crippen LogP contribution in [0.4, 0.5) is 0 Å². The highest BCUT2D eigenvalue weighted by Crippen LogP contribution is 2.56. The fourth-order valence-electron chi connectivity index (χ4n) is 4.43. The molecule has 2 aliphatic heterocycles. The molecule has 1 spiro atoms. The van der Waals surface area contributed by atoms with Crippen LogP contribution < -0.4 is 0 Å². The summed E-state index contributed by atoms with van der Waals surface area (Å²) in [5, 5.41) is 0.200. The molecule has 1 aliphatic carbocycles. The first-order chi connectivity index (χ1) is 10.1. The highest BCUT2D eigenvalue weighted by molar-refractivity contribution is 6.74. The van der Waals surface area contributed by atoms with E-state index in [1.165, 1.54) is 19.3 Å². The molecule has 126 valence electrons. The molecule has 2 saturated heterocycles. The SMILES string of the molecule is CC(C)(C)[Si](C)(C)OC[C@@]12CC(=O)C[C@]3(CCCCC3C1)O2. The number of ether oxygens (including phenoxy) is 1. The predicted molar refractivity (Wildman–Crippen MR) is 90.5 cm³/mol. The zero-order valence-corrected chi connectivity index (χ0v) is 16.0. The Balaban J connectivity index is 1.77. The molecule has 4 heteroatoms. The molecular formula is C18H32O3Si. The lowest BCUT2D eigenvalue weighted by Gasteiger charge is -2.44. The van der Waals surface area contributed by atoms with Crippen molar-refractivity contribution < 1.29 is 14.0 Å². The minimum absolute atomic E-state index is 0.135. The Bertz CT molecular complexity index is 467. The van der Waals surface area contributed by atoms with Crippen molar-refractivity contribution in [1.82, 2.24) is 0 Å². The Hall–Kier alpha value is -0.193. The van der Waals surface area contributed by atoms with Gasteiger partial charge >= 0.3 is 0 Å². The number of fused-ring (bicyclic) bond motifs is 1. The second kappa shape index (κ2) is 5.15.